The summed E-state index contributed by atoms with van der Waals surface area (Å²) < 4.78 is 7.47. The summed E-state index contributed by atoms with van der Waals surface area (Å²) in [7, 11) is 0. The molecule has 10 nitrogen and oxygen atoms in total. The van der Waals surface area contributed by atoms with Crippen LogP contribution in [0.5, 0.6) is 5.75 Å². The van der Waals surface area contributed by atoms with E-state index in [2.05, 4.69) is 31.3 Å². The maximum atomic E-state index is 13.4. The minimum atomic E-state index is -0.677. The topological polar surface area (TPSA) is 129 Å². The molecule has 1 N–H and O–H groups in total. The quantitative estimate of drug-likeness (QED) is 0.117. The summed E-state index contributed by atoms with van der Waals surface area (Å²) in [6.07, 6.45) is 3.35. The van der Waals surface area contributed by atoms with E-state index in [1.165, 1.54) is 12.3 Å². The Morgan fingerprint density at radius 2 is 1.93 bits per heavy atom. The van der Waals surface area contributed by atoms with Crippen molar-refractivity contribution in [3.05, 3.63) is 101 Å². The van der Waals surface area contributed by atoms with Crippen LogP contribution >= 0.6 is 39.1 Å². The smallest absolute Gasteiger partial charge is 0.313 e. The van der Waals surface area contributed by atoms with Crippen LogP contribution in [0.3, 0.4) is 0 Å². The predicted molar refractivity (Wildman–Crippen MR) is 159 cm³/mol. The minimum absolute atomic E-state index is 0.0465. The zero-order valence-electron chi connectivity index (χ0n) is 21.1. The summed E-state index contributed by atoms with van der Waals surface area (Å²) in [5.74, 6) is -0.361. The van der Waals surface area contributed by atoms with E-state index in [1.54, 1.807) is 42.5 Å². The summed E-state index contributed by atoms with van der Waals surface area (Å²) in [5.41, 5.74) is 0.225. The van der Waals surface area contributed by atoms with Crippen molar-refractivity contribution in [1.29, 1.82) is 0 Å². The monoisotopic (exact) mass is 645 g/mol. The van der Waals surface area contributed by atoms with Gasteiger partial charge in [-0.15, -0.1) is 0 Å². The van der Waals surface area contributed by atoms with Crippen molar-refractivity contribution in [3.63, 3.8) is 0 Å². The number of aryl methyl sites for hydroxylation is 1. The maximum absolute atomic E-state index is 13.4. The van der Waals surface area contributed by atoms with Crippen molar-refractivity contribution in [2.24, 2.45) is 5.10 Å². The molecule has 13 heteroatoms. The van der Waals surface area contributed by atoms with E-state index in [4.69, 9.17) is 27.9 Å². The molecule has 4 aromatic rings. The molecule has 0 aliphatic heterocycles. The van der Waals surface area contributed by atoms with Crippen LogP contribution in [0.2, 0.25) is 10.0 Å². The molecule has 206 valence electrons. The second-order valence-electron chi connectivity index (χ2n) is 8.60. The fraction of sp³-hybridized carbons (Fsp3) is 0.185. The largest absolute Gasteiger partial charge is 0.476 e. The van der Waals surface area contributed by atoms with Crippen molar-refractivity contribution in [2.45, 2.75) is 26.2 Å². The summed E-state index contributed by atoms with van der Waals surface area (Å²) in [4.78, 5) is 41.6. The van der Waals surface area contributed by atoms with Crippen molar-refractivity contribution in [2.75, 3.05) is 11.9 Å². The number of ether oxygens (including phenoxy) is 1. The number of amides is 1. The minimum Gasteiger partial charge on any atom is -0.476 e. The van der Waals surface area contributed by atoms with Gasteiger partial charge in [0.2, 0.25) is 5.75 Å². The first-order chi connectivity index (χ1) is 19.2. The average Bonchev–Trinajstić information content (AvgIpc) is 2.92. The van der Waals surface area contributed by atoms with Crippen molar-refractivity contribution in [3.8, 4) is 5.75 Å². The Morgan fingerprint density at radius 1 is 1.18 bits per heavy atom. The number of unbranched alkanes of at least 4 members (excludes halogenated alkanes) is 1. The van der Waals surface area contributed by atoms with Crippen LogP contribution in [-0.4, -0.2) is 33.3 Å². The molecule has 0 aliphatic carbocycles. The SMILES string of the molecule is CCCCc1nc2ccc(Br)cc2c(=O)n1N=Cc1cc(Cl)cc([N+](=O)[O-])c1OCC(=O)Nc1ccc(Cl)cc1. The van der Waals surface area contributed by atoms with Gasteiger partial charge >= 0.3 is 5.69 Å². The highest BCUT2D eigenvalue weighted by Crippen LogP contribution is 2.34. The molecule has 0 radical (unpaired) electrons. The summed E-state index contributed by atoms with van der Waals surface area (Å²) in [6, 6.07) is 14.1. The molecule has 3 aromatic carbocycles. The molecular weight excluding hydrogens is 625 g/mol. The number of halogens is 3. The van der Waals surface area contributed by atoms with E-state index >= 15 is 0 Å². The van der Waals surface area contributed by atoms with Gasteiger partial charge in [0.1, 0.15) is 5.82 Å². The molecule has 4 rings (SSSR count). The van der Waals surface area contributed by atoms with Gasteiger partial charge in [0.25, 0.3) is 11.5 Å². The molecule has 0 saturated carbocycles. The van der Waals surface area contributed by atoms with Gasteiger partial charge in [-0.25, -0.2) is 4.98 Å². The normalized spacial score (nSPS) is 11.2. The molecular formula is C27H22BrCl2N5O5. The number of hydrogen-bond donors (Lipinski definition) is 1. The van der Waals surface area contributed by atoms with E-state index in [0.717, 1.165) is 23.6 Å². The Balaban J connectivity index is 1.71. The zero-order valence-corrected chi connectivity index (χ0v) is 24.2. The molecule has 0 spiro atoms. The molecule has 0 atom stereocenters. The third-order valence-corrected chi connectivity index (χ3v) is 6.64. The van der Waals surface area contributed by atoms with Gasteiger partial charge < -0.3 is 10.1 Å². The molecule has 0 fully saturated rings. The lowest BCUT2D eigenvalue weighted by Gasteiger charge is -2.12. The number of nitrogens with one attached hydrogen (secondary N) is 1. The van der Waals surface area contributed by atoms with Crippen LogP contribution in [0.1, 0.15) is 31.2 Å². The Morgan fingerprint density at radius 3 is 2.62 bits per heavy atom. The fourth-order valence-electron chi connectivity index (χ4n) is 3.79. The Bertz CT molecular complexity index is 1680. The highest BCUT2D eigenvalue weighted by molar-refractivity contribution is 9.10. The van der Waals surface area contributed by atoms with Crippen molar-refractivity contribution >= 4 is 73.5 Å². The summed E-state index contributed by atoms with van der Waals surface area (Å²) >= 11 is 15.4. The second-order valence-corrected chi connectivity index (χ2v) is 10.4. The number of anilines is 1. The number of fused-ring (bicyclic) bond motifs is 1. The average molecular weight is 647 g/mol. The van der Waals surface area contributed by atoms with Gasteiger partial charge in [0.05, 0.1) is 22.0 Å². The summed E-state index contributed by atoms with van der Waals surface area (Å²) in [5, 5.41) is 19.7. The van der Waals surface area contributed by atoms with E-state index < -0.39 is 28.7 Å². The molecule has 0 saturated heterocycles. The van der Waals surface area contributed by atoms with Crippen molar-refractivity contribution < 1.29 is 14.5 Å². The van der Waals surface area contributed by atoms with Crippen LogP contribution in [0.25, 0.3) is 10.9 Å². The van der Waals surface area contributed by atoms with Crippen LogP contribution < -0.4 is 15.6 Å². The number of nitrogens with zero attached hydrogens (tertiary/aromatic N) is 4. The van der Waals surface area contributed by atoms with Gasteiger partial charge in [0, 0.05) is 38.3 Å². The molecule has 1 heterocycles. The molecule has 0 unspecified atom stereocenters. The van der Waals surface area contributed by atoms with E-state index in [0.29, 0.717) is 38.3 Å². The molecule has 0 aliphatic rings. The van der Waals surface area contributed by atoms with Crippen LogP contribution in [0.15, 0.2) is 69.0 Å². The Kier molecular flexibility index (Phi) is 9.51. The first-order valence-electron chi connectivity index (χ1n) is 12.1. The fourth-order valence-corrected chi connectivity index (χ4v) is 4.50. The number of hydrogen-bond acceptors (Lipinski definition) is 7. The number of carbonyl (C=O) groups excluding carboxylic acids is 1. The molecule has 1 amide bonds. The molecule has 40 heavy (non-hydrogen) atoms. The number of carbonyl (C=O) groups is 1. The van der Waals surface area contributed by atoms with Crippen molar-refractivity contribution in [1.82, 2.24) is 9.66 Å². The highest BCUT2D eigenvalue weighted by atomic mass is 79.9. The van der Waals surface area contributed by atoms with E-state index in [1.807, 2.05) is 6.92 Å². The molecule has 1 aromatic heterocycles. The van der Waals surface area contributed by atoms with Crippen LogP contribution in [0, 0.1) is 10.1 Å². The second kappa shape index (κ2) is 13.0. The maximum Gasteiger partial charge on any atom is 0.313 e. The van der Waals surface area contributed by atoms with Gasteiger partial charge in [-0.3, -0.25) is 19.7 Å². The van der Waals surface area contributed by atoms with E-state index in [-0.39, 0.29) is 16.3 Å². The third-order valence-electron chi connectivity index (χ3n) is 5.68. The van der Waals surface area contributed by atoms with Gasteiger partial charge in [-0.1, -0.05) is 52.5 Å². The highest BCUT2D eigenvalue weighted by Gasteiger charge is 2.22. The number of rotatable bonds is 10. The van der Waals surface area contributed by atoms with E-state index in [9.17, 15) is 19.7 Å². The number of nitro groups is 1. The first-order valence-corrected chi connectivity index (χ1v) is 13.6. The summed E-state index contributed by atoms with van der Waals surface area (Å²) in [6.45, 7) is 1.47. The zero-order chi connectivity index (χ0) is 28.8. The van der Waals surface area contributed by atoms with Crippen LogP contribution in [0.4, 0.5) is 11.4 Å². The lowest BCUT2D eigenvalue weighted by Crippen LogP contribution is -2.23. The lowest BCUT2D eigenvalue weighted by molar-refractivity contribution is -0.385. The lowest BCUT2D eigenvalue weighted by atomic mass is 10.2. The number of aromatic nitrogens is 2. The first kappa shape index (κ1) is 29.2. The van der Waals surface area contributed by atoms with Gasteiger partial charge in [-0.2, -0.15) is 9.78 Å². The Labute approximate surface area is 246 Å². The Hall–Kier alpha value is -3.80. The standard InChI is InChI=1S/C27H22BrCl2N5O5/c1-2-3-4-24-33-22-10-5-17(28)12-21(22)27(37)34(24)31-14-16-11-19(30)13-23(35(38)39)26(16)40-15-25(36)32-20-8-6-18(29)7-9-20/h5-14H,2-4,15H2,1H3,(H,32,36). The number of benzene rings is 3. The predicted octanol–water partition coefficient (Wildman–Crippen LogP) is 6.62. The van der Waals surface area contributed by atoms with Gasteiger partial charge in [-0.05, 0) is 55.0 Å². The third kappa shape index (κ3) is 7.04. The van der Waals surface area contributed by atoms with Crippen LogP contribution in [-0.2, 0) is 11.2 Å². The van der Waals surface area contributed by atoms with Gasteiger partial charge in [0.15, 0.2) is 6.61 Å². The molecule has 0 bridgehead atoms. The number of nitro benzene ring substituents is 1.